The molecule has 1 aromatic heterocycles. The van der Waals surface area contributed by atoms with Crippen molar-refractivity contribution in [3.8, 4) is 17.2 Å². The minimum absolute atomic E-state index is 0.0220. The zero-order valence-electron chi connectivity index (χ0n) is 16.1. The molecule has 0 aliphatic carbocycles. The molecule has 0 atom stereocenters. The monoisotopic (exact) mass is 444 g/mol. The van der Waals surface area contributed by atoms with Crippen LogP contribution in [0.1, 0.15) is 21.1 Å². The second kappa shape index (κ2) is 9.43. The van der Waals surface area contributed by atoms with Gasteiger partial charge in [0.25, 0.3) is 5.91 Å². The number of esters is 1. The molecule has 0 fully saturated rings. The highest BCUT2D eigenvalue weighted by molar-refractivity contribution is 7.09. The summed E-state index contributed by atoms with van der Waals surface area (Å²) in [6.45, 7) is 0.0307. The second-order valence-corrected chi connectivity index (χ2v) is 7.33. The molecule has 0 saturated heterocycles. The van der Waals surface area contributed by atoms with Crippen LogP contribution in [0.25, 0.3) is 0 Å². The number of ether oxygens (including phenoxy) is 4. The maximum Gasteiger partial charge on any atom is 0.325 e. The first-order chi connectivity index (χ1) is 15.1. The Hall–Kier alpha value is -3.66. The van der Waals surface area contributed by atoms with Crippen LogP contribution in [0.2, 0.25) is 0 Å². The van der Waals surface area contributed by atoms with Gasteiger partial charge in [-0.25, -0.2) is 9.37 Å². The van der Waals surface area contributed by atoms with Crippen molar-refractivity contribution in [1.82, 2.24) is 10.3 Å². The topological polar surface area (TPSA) is 96.0 Å². The maximum absolute atomic E-state index is 12.9. The Bertz CT molecular complexity index is 1090. The number of nitrogens with zero attached hydrogens (tertiary/aromatic N) is 1. The molecule has 0 radical (unpaired) electrons. The number of thiazole rings is 1. The van der Waals surface area contributed by atoms with Crippen LogP contribution < -0.4 is 19.5 Å². The van der Waals surface area contributed by atoms with Crippen LogP contribution >= 0.6 is 11.3 Å². The standard InChI is InChI=1S/C21H17FN2O6S/c22-14-2-4-16(5-3-14)27-10-19-24-15(11-31-19)9-28-20(25)8-23-21(26)13-1-6-17-18(7-13)30-12-29-17/h1-7,11H,8-10,12H2,(H,23,26). The summed E-state index contributed by atoms with van der Waals surface area (Å²) in [5.41, 5.74) is 0.917. The van der Waals surface area contributed by atoms with Gasteiger partial charge < -0.3 is 24.3 Å². The van der Waals surface area contributed by atoms with Gasteiger partial charge in [-0.3, -0.25) is 9.59 Å². The number of aromatic nitrogens is 1. The summed E-state index contributed by atoms with van der Waals surface area (Å²) in [7, 11) is 0. The summed E-state index contributed by atoms with van der Waals surface area (Å²) < 4.78 is 34.0. The smallest absolute Gasteiger partial charge is 0.325 e. The van der Waals surface area contributed by atoms with E-state index in [4.69, 9.17) is 18.9 Å². The number of fused-ring (bicyclic) bond motifs is 1. The van der Waals surface area contributed by atoms with E-state index in [2.05, 4.69) is 10.3 Å². The van der Waals surface area contributed by atoms with Gasteiger partial charge in [-0.2, -0.15) is 0 Å². The van der Waals surface area contributed by atoms with E-state index in [1.54, 1.807) is 23.6 Å². The number of halogens is 1. The third-order valence-corrected chi connectivity index (χ3v) is 5.06. The molecule has 1 aliphatic rings. The van der Waals surface area contributed by atoms with Crippen molar-refractivity contribution in [2.45, 2.75) is 13.2 Å². The predicted octanol–water partition coefficient (Wildman–Crippen LogP) is 3.06. The lowest BCUT2D eigenvalue weighted by molar-refractivity contribution is -0.143. The van der Waals surface area contributed by atoms with Crippen LogP contribution in [0.15, 0.2) is 47.8 Å². The Balaban J connectivity index is 1.19. The van der Waals surface area contributed by atoms with Crippen LogP contribution in [0.4, 0.5) is 4.39 Å². The molecular formula is C21H17FN2O6S. The third-order valence-electron chi connectivity index (χ3n) is 4.18. The SMILES string of the molecule is O=C(CNC(=O)c1ccc2c(c1)OCO2)OCc1csc(COc2ccc(F)cc2)n1. The average molecular weight is 444 g/mol. The quantitative estimate of drug-likeness (QED) is 0.534. The van der Waals surface area contributed by atoms with Crippen molar-refractivity contribution in [1.29, 1.82) is 0 Å². The Labute approximate surface area is 180 Å². The van der Waals surface area contributed by atoms with Gasteiger partial charge in [-0.1, -0.05) is 0 Å². The van der Waals surface area contributed by atoms with Gasteiger partial charge in [0, 0.05) is 10.9 Å². The Kier molecular flexibility index (Phi) is 6.27. The number of carbonyl (C=O) groups excluding carboxylic acids is 2. The molecule has 31 heavy (non-hydrogen) atoms. The van der Waals surface area contributed by atoms with Crippen LogP contribution in [0.5, 0.6) is 17.2 Å². The van der Waals surface area contributed by atoms with Gasteiger partial charge in [0.15, 0.2) is 11.5 Å². The summed E-state index contributed by atoms with van der Waals surface area (Å²) in [6, 6.07) is 10.5. The van der Waals surface area contributed by atoms with E-state index in [1.165, 1.54) is 35.6 Å². The fourth-order valence-electron chi connectivity index (χ4n) is 2.66. The minimum Gasteiger partial charge on any atom is -0.486 e. The van der Waals surface area contributed by atoms with E-state index in [0.717, 1.165) is 0 Å². The molecular weight excluding hydrogens is 427 g/mol. The fourth-order valence-corrected chi connectivity index (χ4v) is 3.34. The fraction of sp³-hybridized carbons (Fsp3) is 0.190. The molecule has 0 saturated carbocycles. The molecule has 10 heteroatoms. The average Bonchev–Trinajstić information content (AvgIpc) is 3.44. The molecule has 2 heterocycles. The zero-order chi connectivity index (χ0) is 21.6. The predicted molar refractivity (Wildman–Crippen MR) is 108 cm³/mol. The second-order valence-electron chi connectivity index (χ2n) is 6.39. The van der Waals surface area contributed by atoms with E-state index in [0.29, 0.717) is 33.5 Å². The van der Waals surface area contributed by atoms with Crippen molar-refractivity contribution in [2.24, 2.45) is 0 Å². The normalized spacial score (nSPS) is 11.8. The van der Waals surface area contributed by atoms with Gasteiger partial charge in [0.2, 0.25) is 6.79 Å². The van der Waals surface area contributed by atoms with E-state index < -0.39 is 11.9 Å². The summed E-state index contributed by atoms with van der Waals surface area (Å²) in [6.07, 6.45) is 0. The van der Waals surface area contributed by atoms with Gasteiger partial charge in [-0.05, 0) is 42.5 Å². The number of carbonyl (C=O) groups is 2. The molecule has 1 aliphatic heterocycles. The van der Waals surface area contributed by atoms with Crippen molar-refractivity contribution in [2.75, 3.05) is 13.3 Å². The van der Waals surface area contributed by atoms with E-state index in [9.17, 15) is 14.0 Å². The maximum atomic E-state index is 12.9. The summed E-state index contributed by atoms with van der Waals surface area (Å²) >= 11 is 1.36. The summed E-state index contributed by atoms with van der Waals surface area (Å²) in [4.78, 5) is 28.4. The number of rotatable bonds is 8. The van der Waals surface area contributed by atoms with E-state index in [1.807, 2.05) is 0 Å². The lowest BCUT2D eigenvalue weighted by Gasteiger charge is -2.06. The lowest BCUT2D eigenvalue weighted by Crippen LogP contribution is -2.30. The molecule has 0 spiro atoms. The zero-order valence-corrected chi connectivity index (χ0v) is 16.9. The number of hydrogen-bond acceptors (Lipinski definition) is 8. The van der Waals surface area contributed by atoms with Crippen LogP contribution in [0, 0.1) is 5.82 Å². The van der Waals surface area contributed by atoms with Gasteiger partial charge in [0.1, 0.15) is 36.3 Å². The molecule has 0 bridgehead atoms. The first-order valence-corrected chi connectivity index (χ1v) is 10.1. The molecule has 160 valence electrons. The first kappa shape index (κ1) is 20.6. The van der Waals surface area contributed by atoms with Crippen LogP contribution in [0.3, 0.4) is 0 Å². The Morgan fingerprint density at radius 3 is 2.74 bits per heavy atom. The minimum atomic E-state index is -0.591. The molecule has 3 aromatic rings. The van der Waals surface area contributed by atoms with E-state index in [-0.39, 0.29) is 32.4 Å². The lowest BCUT2D eigenvalue weighted by atomic mass is 10.2. The third kappa shape index (κ3) is 5.48. The highest BCUT2D eigenvalue weighted by Gasteiger charge is 2.17. The highest BCUT2D eigenvalue weighted by atomic mass is 32.1. The molecule has 2 aromatic carbocycles. The van der Waals surface area contributed by atoms with E-state index >= 15 is 0 Å². The van der Waals surface area contributed by atoms with Gasteiger partial charge >= 0.3 is 5.97 Å². The number of benzene rings is 2. The summed E-state index contributed by atoms with van der Waals surface area (Å²) in [5, 5.41) is 4.94. The molecule has 8 nitrogen and oxygen atoms in total. The number of nitrogens with one attached hydrogen (secondary N) is 1. The van der Waals surface area contributed by atoms with Crippen molar-refractivity contribution in [3.05, 3.63) is 69.9 Å². The van der Waals surface area contributed by atoms with Crippen molar-refractivity contribution < 1.29 is 32.9 Å². The molecule has 0 unspecified atom stereocenters. The van der Waals surface area contributed by atoms with Gasteiger partial charge in [0.05, 0.1) is 5.69 Å². The Morgan fingerprint density at radius 1 is 1.10 bits per heavy atom. The molecule has 1 amide bonds. The van der Waals surface area contributed by atoms with Crippen LogP contribution in [-0.4, -0.2) is 30.2 Å². The number of hydrogen-bond donors (Lipinski definition) is 1. The summed E-state index contributed by atoms with van der Waals surface area (Å²) in [5.74, 6) is 0.232. The van der Waals surface area contributed by atoms with Crippen molar-refractivity contribution >= 4 is 23.2 Å². The number of amides is 1. The van der Waals surface area contributed by atoms with Crippen molar-refractivity contribution in [3.63, 3.8) is 0 Å². The Morgan fingerprint density at radius 2 is 1.90 bits per heavy atom. The largest absolute Gasteiger partial charge is 0.486 e. The highest BCUT2D eigenvalue weighted by Crippen LogP contribution is 2.32. The first-order valence-electron chi connectivity index (χ1n) is 9.22. The molecule has 1 N–H and O–H groups in total. The van der Waals surface area contributed by atoms with Crippen LogP contribution in [-0.2, 0) is 22.7 Å². The molecule has 4 rings (SSSR count). The van der Waals surface area contributed by atoms with Gasteiger partial charge in [-0.15, -0.1) is 11.3 Å².